The Balaban J connectivity index is 1.60. The summed E-state index contributed by atoms with van der Waals surface area (Å²) in [5.74, 6) is 1.67. The summed E-state index contributed by atoms with van der Waals surface area (Å²) < 4.78 is 33.2. The lowest BCUT2D eigenvalue weighted by Gasteiger charge is -2.18. The van der Waals surface area contributed by atoms with Crippen LogP contribution in [0.1, 0.15) is 55.9 Å². The van der Waals surface area contributed by atoms with Crippen molar-refractivity contribution < 1.29 is 18.6 Å². The van der Waals surface area contributed by atoms with Crippen LogP contribution >= 0.6 is 11.6 Å². The number of benzene rings is 4. The third-order valence-electron chi connectivity index (χ3n) is 7.26. The van der Waals surface area contributed by atoms with Crippen LogP contribution in [0.15, 0.2) is 82.7 Å². The van der Waals surface area contributed by atoms with Crippen LogP contribution in [0.25, 0.3) is 22.3 Å². The summed E-state index contributed by atoms with van der Waals surface area (Å²) >= 11 is 6.65. The van der Waals surface area contributed by atoms with E-state index in [1.807, 2.05) is 45.0 Å². The monoisotopic (exact) mass is 627 g/mol. The second-order valence-electron chi connectivity index (χ2n) is 10.7. The molecule has 5 rings (SSSR count). The zero-order chi connectivity index (χ0) is 32.1. The van der Waals surface area contributed by atoms with Crippen molar-refractivity contribution >= 4 is 28.7 Å². The van der Waals surface area contributed by atoms with Crippen molar-refractivity contribution in [3.05, 3.63) is 116 Å². The van der Waals surface area contributed by atoms with Crippen molar-refractivity contribution in [1.29, 1.82) is 0 Å². The molecule has 0 aliphatic carbocycles. The molecule has 0 fully saturated rings. The molecular formula is C36H35ClFN3O4. The third kappa shape index (κ3) is 6.86. The SMILES string of the molecule is CCOc1cc(C)c(-c2nc3ccccc3c(=O)n2N=Cc2cc(Cl)c(OCc3ccccc3F)c(OCC)c2)cc1C(C)C. The van der Waals surface area contributed by atoms with Gasteiger partial charge in [-0.2, -0.15) is 9.78 Å². The van der Waals surface area contributed by atoms with Crippen molar-refractivity contribution in [3.63, 3.8) is 0 Å². The third-order valence-corrected chi connectivity index (χ3v) is 7.54. The number of aromatic nitrogens is 2. The first-order chi connectivity index (χ1) is 21.7. The predicted molar refractivity (Wildman–Crippen MR) is 178 cm³/mol. The minimum atomic E-state index is -0.371. The van der Waals surface area contributed by atoms with Gasteiger partial charge in [0.2, 0.25) is 0 Å². The van der Waals surface area contributed by atoms with E-state index >= 15 is 0 Å². The Morgan fingerprint density at radius 1 is 0.956 bits per heavy atom. The molecule has 0 aliphatic heterocycles. The lowest BCUT2D eigenvalue weighted by molar-refractivity contribution is 0.266. The first-order valence-electron chi connectivity index (χ1n) is 14.9. The predicted octanol–water partition coefficient (Wildman–Crippen LogP) is 8.55. The Hall–Kier alpha value is -4.69. The maximum atomic E-state index is 14.2. The van der Waals surface area contributed by atoms with E-state index in [-0.39, 0.29) is 34.7 Å². The van der Waals surface area contributed by atoms with Gasteiger partial charge in [-0.15, -0.1) is 0 Å². The van der Waals surface area contributed by atoms with Crippen molar-refractivity contribution in [1.82, 2.24) is 9.66 Å². The average Bonchev–Trinajstić information content (AvgIpc) is 3.01. The zero-order valence-corrected chi connectivity index (χ0v) is 26.7. The summed E-state index contributed by atoms with van der Waals surface area (Å²) in [7, 11) is 0. The van der Waals surface area contributed by atoms with Crippen LogP contribution < -0.4 is 19.8 Å². The van der Waals surface area contributed by atoms with E-state index in [9.17, 15) is 9.18 Å². The highest BCUT2D eigenvalue weighted by Crippen LogP contribution is 2.37. The summed E-state index contributed by atoms with van der Waals surface area (Å²) in [5, 5.41) is 5.33. The lowest BCUT2D eigenvalue weighted by atomic mass is 9.96. The van der Waals surface area contributed by atoms with Gasteiger partial charge in [-0.1, -0.05) is 55.8 Å². The fourth-order valence-corrected chi connectivity index (χ4v) is 5.30. The smallest absolute Gasteiger partial charge is 0.282 e. The summed E-state index contributed by atoms with van der Waals surface area (Å²) in [4.78, 5) is 18.8. The van der Waals surface area contributed by atoms with E-state index in [0.717, 1.165) is 22.4 Å². The highest BCUT2D eigenvalue weighted by Gasteiger charge is 2.19. The van der Waals surface area contributed by atoms with Crippen LogP contribution in [0.2, 0.25) is 5.02 Å². The van der Waals surface area contributed by atoms with Gasteiger partial charge in [0.05, 0.1) is 35.4 Å². The Morgan fingerprint density at radius 3 is 2.40 bits per heavy atom. The first kappa shape index (κ1) is 31.7. The van der Waals surface area contributed by atoms with Crippen LogP contribution in [0, 0.1) is 12.7 Å². The molecule has 1 aromatic heterocycles. The van der Waals surface area contributed by atoms with E-state index in [1.165, 1.54) is 17.0 Å². The Kier molecular flexibility index (Phi) is 9.83. The zero-order valence-electron chi connectivity index (χ0n) is 25.9. The number of hydrogen-bond donors (Lipinski definition) is 0. The summed E-state index contributed by atoms with van der Waals surface area (Å²) in [6.07, 6.45) is 1.53. The quantitative estimate of drug-likeness (QED) is 0.137. The fraction of sp³-hybridized carbons (Fsp3) is 0.250. The molecule has 0 atom stereocenters. The molecule has 0 radical (unpaired) electrons. The molecule has 0 saturated heterocycles. The van der Waals surface area contributed by atoms with Gasteiger partial charge in [-0.05, 0) is 85.8 Å². The average molecular weight is 628 g/mol. The summed E-state index contributed by atoms with van der Waals surface area (Å²) in [5.41, 5.74) is 3.89. The fourth-order valence-electron chi connectivity index (χ4n) is 5.03. The Bertz CT molecular complexity index is 1940. The minimum Gasteiger partial charge on any atom is -0.494 e. The van der Waals surface area contributed by atoms with Crippen LogP contribution in [-0.4, -0.2) is 29.1 Å². The van der Waals surface area contributed by atoms with Crippen molar-refractivity contribution in [2.75, 3.05) is 13.2 Å². The molecule has 7 nitrogen and oxygen atoms in total. The van der Waals surface area contributed by atoms with Gasteiger partial charge in [-0.3, -0.25) is 4.79 Å². The van der Waals surface area contributed by atoms with E-state index in [2.05, 4.69) is 18.9 Å². The Labute approximate surface area is 266 Å². The number of rotatable bonds is 11. The lowest BCUT2D eigenvalue weighted by Crippen LogP contribution is -2.21. The second-order valence-corrected chi connectivity index (χ2v) is 11.2. The van der Waals surface area contributed by atoms with Gasteiger partial charge >= 0.3 is 0 Å². The van der Waals surface area contributed by atoms with E-state index in [0.29, 0.717) is 46.8 Å². The van der Waals surface area contributed by atoms with Crippen LogP contribution in [0.5, 0.6) is 17.2 Å². The molecule has 0 spiro atoms. The normalized spacial score (nSPS) is 11.5. The molecule has 0 unspecified atom stereocenters. The number of ether oxygens (including phenoxy) is 3. The molecular weight excluding hydrogens is 593 g/mol. The number of para-hydroxylation sites is 1. The largest absolute Gasteiger partial charge is 0.494 e. The summed E-state index contributed by atoms with van der Waals surface area (Å²) in [6, 6.07) is 21.0. The minimum absolute atomic E-state index is 0.0266. The summed E-state index contributed by atoms with van der Waals surface area (Å²) in [6.45, 7) is 10.8. The number of fused-ring (bicyclic) bond motifs is 1. The molecule has 0 saturated carbocycles. The molecule has 0 bridgehead atoms. The second kappa shape index (κ2) is 13.9. The van der Waals surface area contributed by atoms with Crippen molar-refractivity contribution in [2.24, 2.45) is 5.10 Å². The number of nitrogens with zero attached hydrogens (tertiary/aromatic N) is 3. The molecule has 1 heterocycles. The first-order valence-corrected chi connectivity index (χ1v) is 15.3. The van der Waals surface area contributed by atoms with Crippen molar-refractivity contribution in [2.45, 2.75) is 47.1 Å². The number of halogens is 2. The molecule has 0 aliphatic rings. The molecule has 45 heavy (non-hydrogen) atoms. The van der Waals surface area contributed by atoms with E-state index in [4.69, 9.17) is 30.8 Å². The topological polar surface area (TPSA) is 74.9 Å². The maximum absolute atomic E-state index is 14.2. The molecule has 0 amide bonds. The number of aryl methyl sites for hydroxylation is 1. The van der Waals surface area contributed by atoms with E-state index < -0.39 is 0 Å². The van der Waals surface area contributed by atoms with Gasteiger partial charge in [0, 0.05) is 11.1 Å². The molecule has 232 valence electrons. The molecule has 0 N–H and O–H groups in total. The van der Waals surface area contributed by atoms with E-state index in [1.54, 1.807) is 42.5 Å². The number of hydrogen-bond acceptors (Lipinski definition) is 6. The molecule has 5 aromatic rings. The van der Waals surface area contributed by atoms with Gasteiger partial charge in [0.15, 0.2) is 17.3 Å². The van der Waals surface area contributed by atoms with Gasteiger partial charge in [-0.25, -0.2) is 9.37 Å². The standard InChI is InChI=1S/C36H35ClFN3O4/c1-6-43-32-16-23(5)28(19-27(32)22(3)4)35-40-31-15-11-9-13-26(31)36(42)41(35)39-20-24-17-29(37)34(33(18-24)44-7-2)45-21-25-12-8-10-14-30(25)38/h8-20,22H,6-7,21H2,1-5H3. The van der Waals surface area contributed by atoms with Crippen LogP contribution in [-0.2, 0) is 6.61 Å². The highest BCUT2D eigenvalue weighted by molar-refractivity contribution is 6.32. The van der Waals surface area contributed by atoms with Crippen molar-refractivity contribution in [3.8, 4) is 28.6 Å². The molecule has 9 heteroatoms. The van der Waals surface area contributed by atoms with Crippen LogP contribution in [0.3, 0.4) is 0 Å². The Morgan fingerprint density at radius 2 is 1.67 bits per heavy atom. The van der Waals surface area contributed by atoms with Crippen LogP contribution in [0.4, 0.5) is 4.39 Å². The highest BCUT2D eigenvalue weighted by atomic mass is 35.5. The van der Waals surface area contributed by atoms with Gasteiger partial charge in [0.1, 0.15) is 18.2 Å². The maximum Gasteiger partial charge on any atom is 0.282 e. The molecule has 4 aromatic carbocycles. The van der Waals surface area contributed by atoms with Gasteiger partial charge < -0.3 is 14.2 Å². The van der Waals surface area contributed by atoms with Gasteiger partial charge in [0.25, 0.3) is 5.56 Å².